The molecule has 0 aliphatic heterocycles. The summed E-state index contributed by atoms with van der Waals surface area (Å²) in [4.78, 5) is 0. The summed E-state index contributed by atoms with van der Waals surface area (Å²) in [6.07, 6.45) is 3.90. The Morgan fingerprint density at radius 3 is 1.60 bits per heavy atom. The Labute approximate surface area is 304 Å². The van der Waals surface area contributed by atoms with Gasteiger partial charge < -0.3 is 0 Å². The highest BCUT2D eigenvalue weighted by atomic mass is 14.3. The van der Waals surface area contributed by atoms with Crippen LogP contribution in [-0.2, 0) is 0 Å². The van der Waals surface area contributed by atoms with Crippen LogP contribution in [0.15, 0.2) is 183 Å². The first-order valence-electron chi connectivity index (χ1n) is 17.9. The van der Waals surface area contributed by atoms with Gasteiger partial charge in [-0.15, -0.1) is 0 Å². The van der Waals surface area contributed by atoms with Gasteiger partial charge in [0.05, 0.1) is 0 Å². The van der Waals surface area contributed by atoms with Gasteiger partial charge in [0.25, 0.3) is 0 Å². The smallest absolute Gasteiger partial charge is 0.000719 e. The molecule has 0 nitrogen and oxygen atoms in total. The molecule has 1 aliphatic carbocycles. The molecule has 10 rings (SSSR count). The van der Waals surface area contributed by atoms with Crippen molar-refractivity contribution in [2.75, 3.05) is 0 Å². The molecule has 0 amide bonds. The summed E-state index contributed by atoms with van der Waals surface area (Å²) in [7, 11) is 0. The van der Waals surface area contributed by atoms with Crippen LogP contribution in [0.25, 0.3) is 111 Å². The lowest BCUT2D eigenvalue weighted by atomic mass is 9.81. The molecule has 0 spiro atoms. The highest BCUT2D eigenvalue weighted by molar-refractivity contribution is 6.31. The number of hydrogen-bond donors (Lipinski definition) is 0. The third-order valence-corrected chi connectivity index (χ3v) is 10.9. The van der Waals surface area contributed by atoms with Crippen molar-refractivity contribution in [3.63, 3.8) is 0 Å². The normalized spacial score (nSPS) is 11.6. The van der Waals surface area contributed by atoms with Gasteiger partial charge in [-0.3, -0.25) is 0 Å². The van der Waals surface area contributed by atoms with E-state index in [0.717, 1.165) is 16.7 Å². The van der Waals surface area contributed by atoms with E-state index in [-0.39, 0.29) is 0 Å². The summed E-state index contributed by atoms with van der Waals surface area (Å²) in [6.45, 7) is 8.40. The van der Waals surface area contributed by atoms with Gasteiger partial charge in [0.15, 0.2) is 0 Å². The molecular weight excluding hydrogens is 625 g/mol. The van der Waals surface area contributed by atoms with Gasteiger partial charge in [-0.05, 0) is 122 Å². The molecule has 52 heavy (non-hydrogen) atoms. The number of benzene rings is 9. The van der Waals surface area contributed by atoms with Gasteiger partial charge in [0.2, 0.25) is 0 Å². The molecule has 242 valence electrons. The highest BCUT2D eigenvalue weighted by Gasteiger charge is 2.31. The second-order valence-electron chi connectivity index (χ2n) is 13.6. The molecule has 0 atom stereocenters. The van der Waals surface area contributed by atoms with Crippen molar-refractivity contribution in [2.45, 2.75) is 0 Å². The molecule has 9 aromatic carbocycles. The molecule has 0 heterocycles. The Bertz CT molecular complexity index is 2890. The first-order valence-corrected chi connectivity index (χ1v) is 17.9. The van der Waals surface area contributed by atoms with E-state index in [0.29, 0.717) is 0 Å². The molecule has 0 saturated carbocycles. The summed E-state index contributed by atoms with van der Waals surface area (Å²) in [6, 6.07) is 62.3. The second-order valence-corrected chi connectivity index (χ2v) is 13.6. The second kappa shape index (κ2) is 11.9. The van der Waals surface area contributed by atoms with E-state index in [1.54, 1.807) is 0 Å². The predicted molar refractivity (Wildman–Crippen MR) is 225 cm³/mol. The molecule has 9 aromatic rings. The Morgan fingerprint density at radius 1 is 0.327 bits per heavy atom. The molecule has 0 fully saturated rings. The Morgan fingerprint density at radius 2 is 0.923 bits per heavy atom. The fourth-order valence-electron chi connectivity index (χ4n) is 8.76. The van der Waals surface area contributed by atoms with Crippen LogP contribution in [0.1, 0.15) is 11.1 Å². The van der Waals surface area contributed by atoms with Crippen LogP contribution in [0, 0.1) is 0 Å². The third kappa shape index (κ3) is 4.41. The lowest BCUT2D eigenvalue weighted by molar-refractivity contribution is 1.55. The molecule has 0 heteroatoms. The Hall–Kier alpha value is -6.76. The molecule has 0 radical (unpaired) electrons. The van der Waals surface area contributed by atoms with Crippen molar-refractivity contribution in [1.29, 1.82) is 0 Å². The standard InChI is InChI=1S/C52H34/c1-3-33-27-29-41(47(39(33)4-2)34-17-8-5-9-18-34)38-28-30-43-45(31-38)49(36-21-12-7-13-22-36)51-44-26-16-25-42-40-24-15-14-23-37(40)32-46(50(42)44)52(51)48(43)35-19-10-6-11-20-35/h3-32H,1-2H2. The van der Waals surface area contributed by atoms with Crippen LogP contribution in [0.3, 0.4) is 0 Å². The molecule has 0 bridgehead atoms. The van der Waals surface area contributed by atoms with Crippen LogP contribution in [0.5, 0.6) is 0 Å². The molecular formula is C52H34. The summed E-state index contributed by atoms with van der Waals surface area (Å²) >= 11 is 0. The fraction of sp³-hybridized carbons (Fsp3) is 0. The summed E-state index contributed by atoms with van der Waals surface area (Å²) in [5.41, 5.74) is 17.1. The maximum Gasteiger partial charge on any atom is -0.000719 e. The minimum Gasteiger partial charge on any atom is -0.0984 e. The van der Waals surface area contributed by atoms with E-state index in [1.165, 1.54) is 93.5 Å². The van der Waals surface area contributed by atoms with Crippen molar-refractivity contribution < 1.29 is 0 Å². The summed E-state index contributed by atoms with van der Waals surface area (Å²) in [5.74, 6) is 0. The van der Waals surface area contributed by atoms with Crippen LogP contribution in [0.4, 0.5) is 0 Å². The quantitative estimate of drug-likeness (QED) is 0.156. The average molecular weight is 659 g/mol. The van der Waals surface area contributed by atoms with Gasteiger partial charge in [-0.25, -0.2) is 0 Å². The number of fused-ring (bicyclic) bond motifs is 6. The van der Waals surface area contributed by atoms with Gasteiger partial charge in [-0.2, -0.15) is 0 Å². The maximum atomic E-state index is 4.26. The SMILES string of the molecule is C=Cc1ccc(-c2ccc3c(-c4ccccc4)c4c(c(-c5ccccc5)c3c2)-c2cccc3c2c-4cc2ccccc23)c(-c2ccccc2)c1C=C. The summed E-state index contributed by atoms with van der Waals surface area (Å²) < 4.78 is 0. The topological polar surface area (TPSA) is 0 Å². The zero-order valence-corrected chi connectivity index (χ0v) is 28.7. The van der Waals surface area contributed by atoms with E-state index >= 15 is 0 Å². The van der Waals surface area contributed by atoms with E-state index in [1.807, 2.05) is 12.2 Å². The Kier molecular flexibility index (Phi) is 6.91. The zero-order chi connectivity index (χ0) is 34.8. The molecule has 0 unspecified atom stereocenters. The van der Waals surface area contributed by atoms with Crippen LogP contribution < -0.4 is 0 Å². The predicted octanol–water partition coefficient (Wildman–Crippen LogP) is 14.7. The highest BCUT2D eigenvalue weighted by Crippen LogP contribution is 2.59. The zero-order valence-electron chi connectivity index (χ0n) is 28.7. The lowest BCUT2D eigenvalue weighted by Gasteiger charge is -2.22. The van der Waals surface area contributed by atoms with Crippen LogP contribution in [0.2, 0.25) is 0 Å². The first kappa shape index (κ1) is 30.1. The van der Waals surface area contributed by atoms with Crippen LogP contribution >= 0.6 is 0 Å². The molecule has 0 N–H and O–H groups in total. The first-order chi connectivity index (χ1) is 25.7. The minimum absolute atomic E-state index is 1.07. The maximum absolute atomic E-state index is 4.26. The molecule has 0 saturated heterocycles. The van der Waals surface area contributed by atoms with Gasteiger partial charge in [0.1, 0.15) is 0 Å². The van der Waals surface area contributed by atoms with Gasteiger partial charge in [-0.1, -0.05) is 183 Å². The van der Waals surface area contributed by atoms with E-state index in [2.05, 4.69) is 183 Å². The van der Waals surface area contributed by atoms with E-state index in [4.69, 9.17) is 0 Å². The summed E-state index contributed by atoms with van der Waals surface area (Å²) in [5, 5.41) is 7.68. The fourth-order valence-corrected chi connectivity index (χ4v) is 8.76. The largest absolute Gasteiger partial charge is 0.0984 e. The monoisotopic (exact) mass is 658 g/mol. The van der Waals surface area contributed by atoms with Gasteiger partial charge >= 0.3 is 0 Å². The number of rotatable bonds is 6. The van der Waals surface area contributed by atoms with Crippen molar-refractivity contribution >= 4 is 44.5 Å². The van der Waals surface area contributed by atoms with E-state index in [9.17, 15) is 0 Å². The Balaban J connectivity index is 1.39. The van der Waals surface area contributed by atoms with Crippen molar-refractivity contribution in [3.05, 3.63) is 194 Å². The van der Waals surface area contributed by atoms with Crippen molar-refractivity contribution in [1.82, 2.24) is 0 Å². The molecule has 0 aromatic heterocycles. The van der Waals surface area contributed by atoms with E-state index < -0.39 is 0 Å². The minimum atomic E-state index is 1.07. The average Bonchev–Trinajstić information content (AvgIpc) is 3.54. The number of hydrogen-bond acceptors (Lipinski definition) is 0. The van der Waals surface area contributed by atoms with Crippen molar-refractivity contribution in [3.8, 4) is 66.8 Å². The third-order valence-electron chi connectivity index (χ3n) is 10.9. The van der Waals surface area contributed by atoms with Crippen molar-refractivity contribution in [2.24, 2.45) is 0 Å². The molecule has 1 aliphatic rings. The lowest BCUT2D eigenvalue weighted by Crippen LogP contribution is -1.96. The van der Waals surface area contributed by atoms with Crippen LogP contribution in [-0.4, -0.2) is 0 Å². The van der Waals surface area contributed by atoms with Gasteiger partial charge in [0, 0.05) is 0 Å².